The second-order valence-corrected chi connectivity index (χ2v) is 8.79. The molecule has 0 atom stereocenters. The maximum Gasteiger partial charge on any atom is 0.193 e. The van der Waals surface area contributed by atoms with Crippen LogP contribution in [-0.2, 0) is 14.6 Å². The van der Waals surface area contributed by atoms with Crippen LogP contribution < -0.4 is 4.74 Å². The van der Waals surface area contributed by atoms with Gasteiger partial charge in [-0.3, -0.25) is 4.98 Å². The second kappa shape index (κ2) is 6.19. The first-order valence-corrected chi connectivity index (χ1v) is 9.22. The molecule has 2 heterocycles. The monoisotopic (exact) mass is 400 g/mol. The summed E-state index contributed by atoms with van der Waals surface area (Å²) >= 11 is 5.98. The molecule has 0 aliphatic carbocycles. The largest absolute Gasteiger partial charge is 0.504 e. The maximum atomic E-state index is 14.6. The van der Waals surface area contributed by atoms with Gasteiger partial charge in [0.05, 0.1) is 16.3 Å². The zero-order valence-corrected chi connectivity index (χ0v) is 15.3. The maximum absolute atomic E-state index is 14.6. The van der Waals surface area contributed by atoms with E-state index in [2.05, 4.69) is 9.97 Å². The first-order chi connectivity index (χ1) is 12.1. The highest BCUT2D eigenvalue weighted by molar-refractivity contribution is 8.01. The summed E-state index contributed by atoms with van der Waals surface area (Å²) in [6.07, 6.45) is 2.58. The van der Waals surface area contributed by atoms with Crippen molar-refractivity contribution >= 4 is 32.1 Å². The summed E-state index contributed by atoms with van der Waals surface area (Å²) in [6.45, 7) is 1.87. The molecule has 2 aromatic rings. The third-order valence-corrected chi connectivity index (χ3v) is 6.91. The number of rotatable bonds is 3. The lowest BCUT2D eigenvalue weighted by Crippen LogP contribution is -2.36. The molecule has 0 saturated carbocycles. The molecule has 138 valence electrons. The molecule has 2 N–H and O–H groups in total. The number of aliphatic hydroxyl groups is 2. The zero-order chi connectivity index (χ0) is 19.3. The Kier molecular flexibility index (Phi) is 4.41. The van der Waals surface area contributed by atoms with Crippen molar-refractivity contribution in [2.45, 2.75) is 18.6 Å². The molecule has 0 bridgehead atoms. The van der Waals surface area contributed by atoms with Gasteiger partial charge in [-0.15, -0.1) is 0 Å². The predicted molar refractivity (Wildman–Crippen MR) is 92.5 cm³/mol. The fourth-order valence-electron chi connectivity index (χ4n) is 2.77. The Hall–Kier alpha value is -2.23. The molecule has 1 aromatic carbocycles. The van der Waals surface area contributed by atoms with Crippen molar-refractivity contribution in [3.05, 3.63) is 52.3 Å². The van der Waals surface area contributed by atoms with Crippen molar-refractivity contribution in [3.63, 3.8) is 0 Å². The van der Waals surface area contributed by atoms with Crippen molar-refractivity contribution in [2.75, 3.05) is 6.79 Å². The highest BCUT2D eigenvalue weighted by Gasteiger charge is 2.50. The summed E-state index contributed by atoms with van der Waals surface area (Å²) in [5, 5.41) is 19.6. The Labute approximate surface area is 153 Å². The van der Waals surface area contributed by atoms with Crippen LogP contribution in [0.25, 0.3) is 10.7 Å². The van der Waals surface area contributed by atoms with Crippen LogP contribution in [0.5, 0.6) is 5.75 Å². The summed E-state index contributed by atoms with van der Waals surface area (Å²) in [7, 11) is -4.33. The number of hydrogen-bond acceptors (Lipinski definition) is 7. The van der Waals surface area contributed by atoms with Crippen molar-refractivity contribution in [1.29, 1.82) is 0 Å². The van der Waals surface area contributed by atoms with Gasteiger partial charge in [0.25, 0.3) is 0 Å². The SMILES string of the molecule is CC1(C)c2nccnc2C(O)=C(c2c(F)ccc(Cl)c2OCO)S1(=O)=O. The van der Waals surface area contributed by atoms with E-state index in [0.29, 0.717) is 0 Å². The fraction of sp³-hybridized carbons (Fsp3) is 0.250. The first-order valence-electron chi connectivity index (χ1n) is 7.36. The van der Waals surface area contributed by atoms with Crippen LogP contribution in [0, 0.1) is 5.82 Å². The van der Waals surface area contributed by atoms with Gasteiger partial charge in [0.2, 0.25) is 0 Å². The molecule has 0 unspecified atom stereocenters. The fourth-order valence-corrected chi connectivity index (χ4v) is 4.71. The number of ether oxygens (including phenoxy) is 1. The molecule has 1 aliphatic heterocycles. The van der Waals surface area contributed by atoms with Crippen LogP contribution in [-0.4, -0.2) is 35.4 Å². The molecule has 0 spiro atoms. The van der Waals surface area contributed by atoms with Gasteiger partial charge in [0, 0.05) is 12.4 Å². The molecule has 3 rings (SSSR count). The van der Waals surface area contributed by atoms with E-state index in [-0.39, 0.29) is 16.4 Å². The van der Waals surface area contributed by atoms with Crippen molar-refractivity contribution in [1.82, 2.24) is 9.97 Å². The molecule has 10 heteroatoms. The van der Waals surface area contributed by atoms with Crippen LogP contribution in [0.4, 0.5) is 4.39 Å². The van der Waals surface area contributed by atoms with E-state index in [1.54, 1.807) is 0 Å². The number of fused-ring (bicyclic) bond motifs is 1. The van der Waals surface area contributed by atoms with E-state index in [1.165, 1.54) is 26.2 Å². The molecule has 0 amide bonds. The predicted octanol–water partition coefficient (Wildman–Crippen LogP) is 2.65. The summed E-state index contributed by atoms with van der Waals surface area (Å²) in [5.74, 6) is -2.16. The summed E-state index contributed by atoms with van der Waals surface area (Å²) in [5.41, 5.74) is -0.626. The summed E-state index contributed by atoms with van der Waals surface area (Å²) in [6, 6.07) is 2.09. The number of sulfone groups is 1. The van der Waals surface area contributed by atoms with E-state index in [0.717, 1.165) is 12.1 Å². The molecule has 0 saturated heterocycles. The van der Waals surface area contributed by atoms with Crippen LogP contribution in [0.3, 0.4) is 0 Å². The summed E-state index contributed by atoms with van der Waals surface area (Å²) < 4.78 is 44.4. The van der Waals surface area contributed by atoms with Gasteiger partial charge in [-0.2, -0.15) is 0 Å². The lowest BCUT2D eigenvalue weighted by Gasteiger charge is -2.32. The molecular weight excluding hydrogens is 387 g/mol. The Bertz CT molecular complexity index is 1040. The minimum atomic E-state index is -4.33. The molecule has 1 aliphatic rings. The van der Waals surface area contributed by atoms with Crippen LogP contribution in [0.15, 0.2) is 24.5 Å². The molecule has 0 fully saturated rings. The third kappa shape index (κ3) is 2.46. The van der Waals surface area contributed by atoms with Gasteiger partial charge in [0.1, 0.15) is 21.2 Å². The van der Waals surface area contributed by atoms with Crippen LogP contribution in [0.1, 0.15) is 30.8 Å². The van der Waals surface area contributed by atoms with E-state index >= 15 is 0 Å². The van der Waals surface area contributed by atoms with E-state index in [1.807, 2.05) is 0 Å². The Morgan fingerprint density at radius 1 is 1.27 bits per heavy atom. The second-order valence-electron chi connectivity index (χ2n) is 5.95. The highest BCUT2D eigenvalue weighted by atomic mass is 35.5. The van der Waals surface area contributed by atoms with Gasteiger partial charge in [-0.05, 0) is 26.0 Å². The number of hydrogen-bond donors (Lipinski definition) is 2. The number of benzene rings is 1. The minimum Gasteiger partial charge on any atom is -0.504 e. The standard InChI is InChI=1S/C16H14ClFN2O5S/c1-16(2)15-11(19-5-6-20-15)12(22)14(26(16,23)24)10-9(18)4-3-8(17)13(10)25-7-21/h3-6,21-22H,7H2,1-2H3. The highest BCUT2D eigenvalue weighted by Crippen LogP contribution is 2.50. The first kappa shape index (κ1) is 18.6. The molecule has 0 radical (unpaired) electrons. The Morgan fingerprint density at radius 2 is 1.92 bits per heavy atom. The van der Waals surface area contributed by atoms with E-state index in [9.17, 15) is 17.9 Å². The summed E-state index contributed by atoms with van der Waals surface area (Å²) in [4.78, 5) is 7.28. The normalized spacial score (nSPS) is 17.7. The Morgan fingerprint density at radius 3 is 2.58 bits per heavy atom. The Balaban J connectivity index is 2.48. The quantitative estimate of drug-likeness (QED) is 0.762. The minimum absolute atomic E-state index is 0.0355. The van der Waals surface area contributed by atoms with E-state index < -0.39 is 49.2 Å². The number of aliphatic hydroxyl groups excluding tert-OH is 2. The van der Waals surface area contributed by atoms with Crippen molar-refractivity contribution < 1.29 is 27.8 Å². The lowest BCUT2D eigenvalue weighted by atomic mass is 10.0. The average molecular weight is 401 g/mol. The number of nitrogens with zero attached hydrogens (tertiary/aromatic N) is 2. The van der Waals surface area contributed by atoms with Crippen LogP contribution in [0.2, 0.25) is 5.02 Å². The zero-order valence-electron chi connectivity index (χ0n) is 13.7. The van der Waals surface area contributed by atoms with Gasteiger partial charge in [-0.1, -0.05) is 11.6 Å². The van der Waals surface area contributed by atoms with Crippen LogP contribution >= 0.6 is 11.6 Å². The van der Waals surface area contributed by atoms with Crippen molar-refractivity contribution in [2.24, 2.45) is 0 Å². The van der Waals surface area contributed by atoms with E-state index in [4.69, 9.17) is 21.4 Å². The van der Waals surface area contributed by atoms with Gasteiger partial charge in [-0.25, -0.2) is 17.8 Å². The molecule has 26 heavy (non-hydrogen) atoms. The van der Waals surface area contributed by atoms with Gasteiger partial charge < -0.3 is 14.9 Å². The number of halogens is 2. The number of aromatic nitrogens is 2. The molecule has 7 nitrogen and oxygen atoms in total. The topological polar surface area (TPSA) is 110 Å². The third-order valence-electron chi connectivity index (χ3n) is 4.14. The molecule has 1 aromatic heterocycles. The van der Waals surface area contributed by atoms with Gasteiger partial charge >= 0.3 is 0 Å². The van der Waals surface area contributed by atoms with Gasteiger partial charge in [0.15, 0.2) is 28.1 Å². The molecular formula is C16H14ClFN2O5S. The lowest BCUT2D eigenvalue weighted by molar-refractivity contribution is 0.0980. The van der Waals surface area contributed by atoms with Crippen molar-refractivity contribution in [3.8, 4) is 5.75 Å². The smallest absolute Gasteiger partial charge is 0.193 e. The average Bonchev–Trinajstić information content (AvgIpc) is 2.59.